The molecule has 0 aliphatic carbocycles. The highest BCUT2D eigenvalue weighted by Crippen LogP contribution is 2.40. The second-order valence-electron chi connectivity index (χ2n) is 12.8. The highest BCUT2D eigenvalue weighted by molar-refractivity contribution is 7.86. The normalized spacial score (nSPS) is 15.9. The van der Waals surface area contributed by atoms with Crippen LogP contribution in [0.25, 0.3) is 0 Å². The fourth-order valence-electron chi connectivity index (χ4n) is 6.56. The van der Waals surface area contributed by atoms with Crippen molar-refractivity contribution in [3.05, 3.63) is 165 Å². The molecule has 0 bridgehead atoms. The number of rotatable bonds is 12. The number of benzene rings is 4. The Hall–Kier alpha value is -5.34. The molecular weight excluding hydrogens is 715 g/mol. The van der Waals surface area contributed by atoms with Gasteiger partial charge >= 0.3 is 6.18 Å². The van der Waals surface area contributed by atoms with Gasteiger partial charge in [0.25, 0.3) is 21.5 Å². The summed E-state index contributed by atoms with van der Waals surface area (Å²) in [5.74, 6) is -2.83. The molecule has 1 aliphatic rings. The van der Waals surface area contributed by atoms with Gasteiger partial charge in [-0.3, -0.25) is 18.5 Å². The summed E-state index contributed by atoms with van der Waals surface area (Å²) < 4.78 is 94.6. The summed E-state index contributed by atoms with van der Waals surface area (Å²) in [6, 6.07) is 26.4. The van der Waals surface area contributed by atoms with E-state index in [4.69, 9.17) is 8.92 Å². The van der Waals surface area contributed by atoms with Crippen molar-refractivity contribution in [1.29, 1.82) is 0 Å². The van der Waals surface area contributed by atoms with Crippen molar-refractivity contribution in [3.8, 4) is 5.75 Å². The van der Waals surface area contributed by atoms with E-state index >= 15 is 0 Å². The van der Waals surface area contributed by atoms with Gasteiger partial charge in [-0.1, -0.05) is 91.0 Å². The SMILES string of the molecule is CS(=O)(=O)O[C@H]([C@@H](c1ccc(F)cc1)c1cccc(C(F)(F)F)c1)[C@H]1CCCN1C(=O)c1nn(Cc2ccccc2)cc(OCc2ccccc2)c1=O. The number of likely N-dealkylation sites (tertiary alicyclic amines) is 1. The van der Waals surface area contributed by atoms with Gasteiger partial charge in [0, 0.05) is 12.5 Å². The van der Waals surface area contributed by atoms with Gasteiger partial charge in [0.15, 0.2) is 11.4 Å². The lowest BCUT2D eigenvalue weighted by Gasteiger charge is -2.36. The summed E-state index contributed by atoms with van der Waals surface area (Å²) in [6.45, 7) is 0.251. The van der Waals surface area contributed by atoms with Crippen LogP contribution < -0.4 is 10.2 Å². The summed E-state index contributed by atoms with van der Waals surface area (Å²) in [5, 5.41) is 4.41. The van der Waals surface area contributed by atoms with E-state index in [1.807, 2.05) is 60.7 Å². The lowest BCUT2D eigenvalue weighted by atomic mass is 9.82. The molecule has 1 fully saturated rings. The van der Waals surface area contributed by atoms with Gasteiger partial charge in [-0.05, 0) is 53.3 Å². The zero-order valence-corrected chi connectivity index (χ0v) is 29.3. The molecule has 1 aliphatic heterocycles. The van der Waals surface area contributed by atoms with Crippen molar-refractivity contribution in [1.82, 2.24) is 14.7 Å². The third-order valence-corrected chi connectivity index (χ3v) is 9.49. The number of carbonyl (C=O) groups is 1. The molecule has 1 aromatic heterocycles. The Morgan fingerprint density at radius 1 is 0.906 bits per heavy atom. The first-order valence-corrected chi connectivity index (χ1v) is 18.5. The predicted octanol–water partition coefficient (Wildman–Crippen LogP) is 6.81. The average Bonchev–Trinajstić information content (AvgIpc) is 3.62. The quantitative estimate of drug-likeness (QED) is 0.102. The second kappa shape index (κ2) is 15.7. The van der Waals surface area contributed by atoms with Crippen LogP contribution in [0.2, 0.25) is 0 Å². The van der Waals surface area contributed by atoms with E-state index in [0.29, 0.717) is 6.42 Å². The van der Waals surface area contributed by atoms with E-state index in [2.05, 4.69) is 5.10 Å². The Labute approximate surface area is 303 Å². The molecule has 0 spiro atoms. The molecule has 2 heterocycles. The molecule has 53 heavy (non-hydrogen) atoms. The summed E-state index contributed by atoms with van der Waals surface area (Å²) in [5.41, 5.74) is -0.413. The van der Waals surface area contributed by atoms with Crippen LogP contribution in [0.5, 0.6) is 5.75 Å². The molecule has 9 nitrogen and oxygen atoms in total. The lowest BCUT2D eigenvalue weighted by molar-refractivity contribution is -0.137. The van der Waals surface area contributed by atoms with Crippen LogP contribution in [0.15, 0.2) is 120 Å². The third-order valence-electron chi connectivity index (χ3n) is 8.92. The van der Waals surface area contributed by atoms with E-state index < -0.39 is 62.8 Å². The van der Waals surface area contributed by atoms with Crippen LogP contribution in [-0.2, 0) is 33.6 Å². The number of nitrogens with zero attached hydrogens (tertiary/aromatic N) is 3. The zero-order valence-electron chi connectivity index (χ0n) is 28.4. The first-order chi connectivity index (χ1) is 25.3. The molecule has 0 radical (unpaired) electrons. The van der Waals surface area contributed by atoms with Crippen LogP contribution in [0.3, 0.4) is 0 Å². The molecule has 3 atom stereocenters. The fourth-order valence-corrected chi connectivity index (χ4v) is 7.20. The molecule has 1 amide bonds. The monoisotopic (exact) mass is 749 g/mol. The maximum absolute atomic E-state index is 14.5. The van der Waals surface area contributed by atoms with Crippen LogP contribution in [0.1, 0.15) is 57.1 Å². The molecule has 14 heteroatoms. The number of aromatic nitrogens is 2. The van der Waals surface area contributed by atoms with Crippen molar-refractivity contribution in [2.75, 3.05) is 12.8 Å². The largest absolute Gasteiger partial charge is 0.483 e. The van der Waals surface area contributed by atoms with Crippen molar-refractivity contribution in [2.24, 2.45) is 0 Å². The Morgan fingerprint density at radius 3 is 2.21 bits per heavy atom. The van der Waals surface area contributed by atoms with Gasteiger partial charge in [-0.15, -0.1) is 0 Å². The van der Waals surface area contributed by atoms with Crippen LogP contribution in [0, 0.1) is 5.82 Å². The van der Waals surface area contributed by atoms with Gasteiger partial charge in [0.05, 0.1) is 30.6 Å². The van der Waals surface area contributed by atoms with Crippen molar-refractivity contribution >= 4 is 16.0 Å². The van der Waals surface area contributed by atoms with E-state index in [-0.39, 0.29) is 43.0 Å². The van der Waals surface area contributed by atoms with Gasteiger partial charge < -0.3 is 9.64 Å². The Balaban J connectivity index is 1.43. The zero-order chi connectivity index (χ0) is 37.8. The number of alkyl halides is 3. The molecule has 276 valence electrons. The van der Waals surface area contributed by atoms with E-state index in [1.54, 1.807) is 0 Å². The Morgan fingerprint density at radius 2 is 1.57 bits per heavy atom. The molecule has 1 saturated heterocycles. The average molecular weight is 750 g/mol. The topological polar surface area (TPSA) is 108 Å². The Kier molecular flexibility index (Phi) is 11.1. The number of ether oxygens (including phenoxy) is 1. The minimum Gasteiger partial charge on any atom is -0.483 e. The van der Waals surface area contributed by atoms with E-state index in [0.717, 1.165) is 41.6 Å². The smallest absolute Gasteiger partial charge is 0.416 e. The number of carbonyl (C=O) groups excluding carboxylic acids is 1. The maximum atomic E-state index is 14.5. The summed E-state index contributed by atoms with van der Waals surface area (Å²) in [4.78, 5) is 29.7. The predicted molar refractivity (Wildman–Crippen MR) is 188 cm³/mol. The molecule has 0 saturated carbocycles. The minimum atomic E-state index is -4.73. The summed E-state index contributed by atoms with van der Waals surface area (Å²) in [7, 11) is -4.31. The van der Waals surface area contributed by atoms with E-state index in [9.17, 15) is 35.6 Å². The first-order valence-electron chi connectivity index (χ1n) is 16.7. The van der Waals surface area contributed by atoms with Crippen LogP contribution in [0.4, 0.5) is 17.6 Å². The van der Waals surface area contributed by atoms with Gasteiger partial charge in [0.2, 0.25) is 0 Å². The fraction of sp³-hybridized carbons (Fsp3) is 0.256. The molecule has 5 aromatic rings. The molecule has 6 rings (SSSR count). The number of hydrogen-bond acceptors (Lipinski definition) is 7. The number of halogens is 4. The molecule has 0 unspecified atom stereocenters. The van der Waals surface area contributed by atoms with Gasteiger partial charge in [-0.2, -0.15) is 26.7 Å². The second-order valence-corrected chi connectivity index (χ2v) is 14.4. The van der Waals surface area contributed by atoms with Gasteiger partial charge in [-0.25, -0.2) is 4.39 Å². The number of amides is 1. The Bertz CT molecular complexity index is 2220. The maximum Gasteiger partial charge on any atom is 0.416 e. The third kappa shape index (κ3) is 9.18. The summed E-state index contributed by atoms with van der Waals surface area (Å²) >= 11 is 0. The summed E-state index contributed by atoms with van der Waals surface area (Å²) in [6.07, 6.45) is -3.50. The molecular formula is C39H35F4N3O6S. The van der Waals surface area contributed by atoms with Crippen molar-refractivity contribution in [3.63, 3.8) is 0 Å². The molecule has 0 N–H and O–H groups in total. The minimum absolute atomic E-state index is 0.0199. The van der Waals surface area contributed by atoms with E-state index in [1.165, 1.54) is 40.0 Å². The first kappa shape index (κ1) is 37.4. The molecule has 4 aromatic carbocycles. The highest BCUT2D eigenvalue weighted by atomic mass is 32.2. The van der Waals surface area contributed by atoms with Crippen LogP contribution in [-0.4, -0.2) is 54.0 Å². The van der Waals surface area contributed by atoms with Gasteiger partial charge in [0.1, 0.15) is 18.5 Å². The van der Waals surface area contributed by atoms with Crippen molar-refractivity contribution < 1.29 is 39.7 Å². The number of hydrogen-bond donors (Lipinski definition) is 0. The van der Waals surface area contributed by atoms with Crippen molar-refractivity contribution in [2.45, 2.75) is 50.2 Å². The highest BCUT2D eigenvalue weighted by Gasteiger charge is 2.44. The lowest BCUT2D eigenvalue weighted by Crippen LogP contribution is -2.48. The van der Waals surface area contributed by atoms with Crippen LogP contribution >= 0.6 is 0 Å². The standard InChI is InChI=1S/C39H35F4N3O6S/c1-53(49,50)52-37(34(28-17-19-31(40)20-18-28)29-14-8-15-30(22-29)39(41,42)43)32-16-9-21-46(32)38(48)35-36(47)33(51-25-27-12-6-3-7-13-27)24-45(44-35)23-26-10-4-2-5-11-26/h2-8,10-15,17-20,22,24,32,34,37H,9,16,21,23,25H2,1H3/t32-,34+,37+/m1/s1.